The number of thiazole rings is 2. The maximum atomic E-state index is 14.0. The molecule has 58 heavy (non-hydrogen) atoms. The first-order chi connectivity index (χ1) is 27.7. The summed E-state index contributed by atoms with van der Waals surface area (Å²) >= 11 is 4.18. The summed E-state index contributed by atoms with van der Waals surface area (Å²) in [6, 6.07) is -2.79. The summed E-state index contributed by atoms with van der Waals surface area (Å²) in [5.74, 6) is -6.69. The van der Waals surface area contributed by atoms with Crippen LogP contribution < -0.4 is 27.4 Å². The fourth-order valence-electron chi connectivity index (χ4n) is 5.44. The second-order valence-corrected chi connectivity index (χ2v) is 15.7. The van der Waals surface area contributed by atoms with Gasteiger partial charge in [-0.3, -0.25) is 24.1 Å². The Morgan fingerprint density at radius 3 is 2.05 bits per heavy atom. The number of methoxy groups -OCH3 is 1. The zero-order chi connectivity index (χ0) is 42.3. The lowest BCUT2D eigenvalue weighted by Crippen LogP contribution is -2.71. The van der Waals surface area contributed by atoms with Gasteiger partial charge >= 0.3 is 23.9 Å². The molecule has 8 N–H and O–H groups in total. The quantitative estimate of drug-likeness (QED) is 0.0371. The number of nitrogens with two attached hydrogens (primary N) is 2. The van der Waals surface area contributed by atoms with Gasteiger partial charge in [-0.15, -0.1) is 46.2 Å². The number of hydrogen-bond acceptors (Lipinski definition) is 23. The third-order valence-electron chi connectivity index (χ3n) is 8.01. The minimum absolute atomic E-state index is 0.0193. The molecule has 27 heteroatoms. The first kappa shape index (κ1) is 43.2. The molecule has 1 saturated heterocycles. The number of carbonyl (C=O) groups is 7. The van der Waals surface area contributed by atoms with E-state index in [9.17, 15) is 38.7 Å². The number of nitrogens with zero attached hydrogens (tertiary/aromatic N) is 5. The van der Waals surface area contributed by atoms with Crippen LogP contribution in [0, 0.1) is 0 Å². The molecule has 3 amide bonds. The van der Waals surface area contributed by atoms with Gasteiger partial charge in [0.15, 0.2) is 27.7 Å². The molecule has 3 aliphatic rings. The monoisotopic (exact) mass is 882 g/mol. The molecule has 0 spiro atoms. The molecule has 1 fully saturated rings. The number of carboxylic acid groups (broad SMARTS) is 1. The minimum Gasteiger partial charge on any atom is -0.477 e. The molecule has 5 rings (SSSR count). The highest BCUT2D eigenvalue weighted by molar-refractivity contribution is 8.00. The average molecular weight is 883 g/mol. The van der Waals surface area contributed by atoms with Gasteiger partial charge in [-0.1, -0.05) is 10.3 Å². The fourth-order valence-corrected chi connectivity index (χ4v) is 9.04. The zero-order valence-electron chi connectivity index (χ0n) is 30.7. The van der Waals surface area contributed by atoms with Gasteiger partial charge in [-0.25, -0.2) is 24.4 Å². The molecule has 2 unspecified atom stereocenters. The number of β-lactam (4-membered cyclic amide) rings is 1. The van der Waals surface area contributed by atoms with Crippen molar-refractivity contribution in [3.63, 3.8) is 0 Å². The molecule has 0 bridgehead atoms. The van der Waals surface area contributed by atoms with Crippen molar-refractivity contribution in [1.29, 1.82) is 0 Å². The zero-order valence-corrected chi connectivity index (χ0v) is 33.9. The minimum atomic E-state index is -1.62. The smallest absolute Gasteiger partial charge is 0.354 e. The van der Waals surface area contributed by atoms with E-state index >= 15 is 0 Å². The van der Waals surface area contributed by atoms with Crippen LogP contribution in [0.1, 0.15) is 18.3 Å². The Morgan fingerprint density at radius 2 is 1.52 bits per heavy atom. The van der Waals surface area contributed by atoms with E-state index < -0.39 is 76.7 Å². The maximum absolute atomic E-state index is 14.0. The van der Waals surface area contributed by atoms with Crippen molar-refractivity contribution in [2.24, 2.45) is 10.3 Å². The van der Waals surface area contributed by atoms with Gasteiger partial charge in [0.1, 0.15) is 67.0 Å². The number of aliphatic carboxylic acids is 1. The fraction of sp³-hybridized carbons (Fsp3) is 0.387. The van der Waals surface area contributed by atoms with Crippen LogP contribution in [-0.4, -0.2) is 142 Å². The number of rotatable bonds is 16. The number of ether oxygens (including phenoxy) is 3. The van der Waals surface area contributed by atoms with E-state index in [1.165, 1.54) is 31.9 Å². The van der Waals surface area contributed by atoms with Crippen LogP contribution in [-0.2, 0) is 57.4 Å². The number of fused-ring (bicyclic) bond motifs is 1. The van der Waals surface area contributed by atoms with Crippen LogP contribution >= 0.6 is 46.2 Å². The molecule has 3 aliphatic heterocycles. The maximum Gasteiger partial charge on any atom is 0.354 e. The standard InChI is InChI=1S/C31H34N10O13S4/c1-11(42)53-5-12-7-55-24(38-16(12)28(48)50-2)19(36-22(43)17(39-51-3)14-9-57-30(32)34-14)29(49)54-6-13-8-56-26-20(25(45)41(26)21(13)27(46)47)37-23(44)18(40-52-4)15-10-58-31(33)35-15/h9-10,19-20,24,26,38H,5-8H2,1-4H3,(H2,32,34)(H2,33,35)(H,36,43)(H,37,44)(H,46,47)/b39-17-,40-18-/t19?,20-,24?,26-/m1/s1. The van der Waals surface area contributed by atoms with E-state index in [-0.39, 0.29) is 62.5 Å². The molecule has 23 nitrogen and oxygen atoms in total. The van der Waals surface area contributed by atoms with Crippen LogP contribution in [0.5, 0.6) is 0 Å². The van der Waals surface area contributed by atoms with Gasteiger partial charge in [-0.2, -0.15) is 0 Å². The number of carbonyl (C=O) groups excluding carboxylic acids is 6. The summed E-state index contributed by atoms with van der Waals surface area (Å²) in [6.07, 6.45) is 0. The van der Waals surface area contributed by atoms with Crippen LogP contribution in [0.15, 0.2) is 43.6 Å². The molecule has 0 aromatic carbocycles. The van der Waals surface area contributed by atoms with E-state index in [2.05, 4.69) is 36.2 Å². The number of thioether (sulfide) groups is 2. The molecule has 2 aromatic heterocycles. The topological polar surface area (TPSA) is 328 Å². The number of anilines is 2. The van der Waals surface area contributed by atoms with E-state index in [1.807, 2.05) is 0 Å². The van der Waals surface area contributed by atoms with Crippen molar-refractivity contribution in [1.82, 2.24) is 30.8 Å². The second kappa shape index (κ2) is 19.0. The predicted molar refractivity (Wildman–Crippen MR) is 208 cm³/mol. The normalized spacial score (nSPS) is 19.8. The number of esters is 3. The van der Waals surface area contributed by atoms with Gasteiger partial charge < -0.3 is 56.4 Å². The lowest BCUT2D eigenvalue weighted by Gasteiger charge is -2.49. The van der Waals surface area contributed by atoms with Crippen molar-refractivity contribution in [3.05, 3.63) is 44.7 Å². The Bertz CT molecular complexity index is 2130. The summed E-state index contributed by atoms with van der Waals surface area (Å²) in [5, 5.41) is 26.7. The molecule has 310 valence electrons. The molecule has 2 aromatic rings. The molecule has 0 radical (unpaired) electrons. The van der Waals surface area contributed by atoms with Gasteiger partial charge in [0.05, 0.1) is 7.11 Å². The summed E-state index contributed by atoms with van der Waals surface area (Å²) < 4.78 is 15.6. The summed E-state index contributed by atoms with van der Waals surface area (Å²) in [7, 11) is 3.50. The molecule has 4 atom stereocenters. The second-order valence-electron chi connectivity index (χ2n) is 11.7. The Labute approximate surface area is 343 Å². The lowest BCUT2D eigenvalue weighted by molar-refractivity contribution is -0.150. The third-order valence-corrected chi connectivity index (χ3v) is 12.0. The highest BCUT2D eigenvalue weighted by Gasteiger charge is 2.54. The van der Waals surface area contributed by atoms with Crippen LogP contribution in [0.3, 0.4) is 0 Å². The Kier molecular flexibility index (Phi) is 14.2. The first-order valence-electron chi connectivity index (χ1n) is 16.3. The van der Waals surface area contributed by atoms with Gasteiger partial charge in [0.2, 0.25) is 0 Å². The number of aromatic nitrogens is 2. The van der Waals surface area contributed by atoms with Gasteiger partial charge in [-0.05, 0) is 0 Å². The molecular formula is C31H34N10O13S4. The predicted octanol–water partition coefficient (Wildman–Crippen LogP) is -1.42. The molecular weight excluding hydrogens is 849 g/mol. The molecule has 0 saturated carbocycles. The summed E-state index contributed by atoms with van der Waals surface area (Å²) in [6.45, 7) is 0.249. The Morgan fingerprint density at radius 1 is 0.931 bits per heavy atom. The first-order valence-corrected chi connectivity index (χ1v) is 20.2. The number of nitrogen functional groups attached to an aromatic ring is 2. The van der Waals surface area contributed by atoms with E-state index in [0.29, 0.717) is 5.57 Å². The van der Waals surface area contributed by atoms with Crippen molar-refractivity contribution in [3.8, 4) is 0 Å². The number of nitrogens with one attached hydrogen (secondary N) is 3. The largest absolute Gasteiger partial charge is 0.477 e. The Balaban J connectivity index is 1.37. The SMILES string of the molecule is CO/N=C(\C(=O)NC(C(=O)OCC1=C(C(=O)O)N2C(=O)[C@@H](NC(=O)/C(=N\OC)c3csc(N)n3)[C@H]2SC1)C1NC(C(=O)OC)=C(COC(C)=O)CS1)c1csc(N)n1. The summed E-state index contributed by atoms with van der Waals surface area (Å²) in [5.41, 5.74) is 10.6. The third kappa shape index (κ3) is 9.60. The van der Waals surface area contributed by atoms with E-state index in [4.69, 9.17) is 35.4 Å². The number of hydrogen-bond donors (Lipinski definition) is 6. The highest BCUT2D eigenvalue weighted by Crippen LogP contribution is 2.40. The van der Waals surface area contributed by atoms with Crippen LogP contribution in [0.2, 0.25) is 0 Å². The van der Waals surface area contributed by atoms with Gasteiger partial charge in [0.25, 0.3) is 17.7 Å². The van der Waals surface area contributed by atoms with Crippen LogP contribution in [0.25, 0.3) is 0 Å². The number of carboxylic acids is 1. The van der Waals surface area contributed by atoms with Crippen molar-refractivity contribution in [2.75, 3.05) is 57.5 Å². The van der Waals surface area contributed by atoms with Crippen molar-refractivity contribution >= 4 is 109 Å². The van der Waals surface area contributed by atoms with Crippen molar-refractivity contribution < 1.29 is 62.6 Å². The van der Waals surface area contributed by atoms with E-state index in [1.54, 1.807) is 0 Å². The van der Waals surface area contributed by atoms with E-state index in [0.717, 1.165) is 58.2 Å². The highest BCUT2D eigenvalue weighted by atomic mass is 32.2. The molecule has 0 aliphatic carbocycles. The number of oxime groups is 2. The summed E-state index contributed by atoms with van der Waals surface area (Å²) in [4.78, 5) is 110. The van der Waals surface area contributed by atoms with Crippen molar-refractivity contribution in [2.45, 2.75) is 29.8 Å². The lowest BCUT2D eigenvalue weighted by atomic mass is 10.0. The van der Waals surface area contributed by atoms with Crippen LogP contribution in [0.4, 0.5) is 10.3 Å². The number of amides is 3. The average Bonchev–Trinajstić information content (AvgIpc) is 3.84. The molecule has 5 heterocycles. The Hall–Kier alpha value is -5.93. The van der Waals surface area contributed by atoms with Gasteiger partial charge in [0, 0.05) is 40.3 Å².